The Bertz CT molecular complexity index is 1200. The normalized spacial score (nSPS) is 18.0. The number of benzene rings is 3. The zero-order valence-electron chi connectivity index (χ0n) is 15.6. The Morgan fingerprint density at radius 3 is 2.14 bits per heavy atom. The molecule has 2 heterocycles. The van der Waals surface area contributed by atoms with Crippen molar-refractivity contribution in [2.24, 2.45) is 0 Å². The molecule has 1 unspecified atom stereocenters. The minimum Gasteiger partial charge on any atom is -0.309 e. The number of para-hydroxylation sites is 2. The summed E-state index contributed by atoms with van der Waals surface area (Å²) < 4.78 is 0. The first kappa shape index (κ1) is 17.8. The van der Waals surface area contributed by atoms with Crippen molar-refractivity contribution in [1.82, 2.24) is 15.2 Å². The van der Waals surface area contributed by atoms with Crippen LogP contribution in [0.5, 0.6) is 0 Å². The van der Waals surface area contributed by atoms with Crippen LogP contribution in [-0.4, -0.2) is 21.3 Å². The number of amides is 2. The van der Waals surface area contributed by atoms with E-state index < -0.39 is 0 Å². The van der Waals surface area contributed by atoms with Gasteiger partial charge in [-0.1, -0.05) is 66.7 Å². The lowest BCUT2D eigenvalue weighted by atomic mass is 10.0. The zero-order valence-corrected chi connectivity index (χ0v) is 16.5. The first-order chi connectivity index (χ1) is 14.2. The van der Waals surface area contributed by atoms with E-state index in [-0.39, 0.29) is 11.4 Å². The monoisotopic (exact) mass is 397 g/mol. The number of hydrogen-bond donors (Lipinski definition) is 2. The van der Waals surface area contributed by atoms with Crippen LogP contribution in [0.3, 0.4) is 0 Å². The molecule has 4 nitrogen and oxygen atoms in total. The highest BCUT2D eigenvalue weighted by Gasteiger charge is 2.32. The van der Waals surface area contributed by atoms with Crippen molar-refractivity contribution >= 4 is 46.5 Å². The molecule has 142 valence electrons. The van der Waals surface area contributed by atoms with Crippen LogP contribution in [0.4, 0.5) is 4.79 Å². The molecule has 1 fully saturated rings. The number of nitrogens with one attached hydrogen (secondary N) is 1. The van der Waals surface area contributed by atoms with Gasteiger partial charge in [-0.25, -0.2) is 9.78 Å². The number of thiol groups is 1. The van der Waals surface area contributed by atoms with Crippen molar-refractivity contribution in [3.8, 4) is 0 Å². The molecule has 3 aromatic carbocycles. The summed E-state index contributed by atoms with van der Waals surface area (Å²) in [5.41, 5.74) is 4.75. The molecule has 1 aliphatic rings. The molecule has 0 aliphatic carbocycles. The van der Waals surface area contributed by atoms with Gasteiger partial charge in [0.1, 0.15) is 5.37 Å². The predicted octanol–water partition coefficient (Wildman–Crippen LogP) is 5.21. The van der Waals surface area contributed by atoms with Crippen LogP contribution >= 0.6 is 12.6 Å². The zero-order chi connectivity index (χ0) is 19.8. The second-order valence-electron chi connectivity index (χ2n) is 7.08. The third-order valence-electron chi connectivity index (χ3n) is 5.21. The van der Waals surface area contributed by atoms with Crippen LogP contribution in [0.25, 0.3) is 27.9 Å². The fourth-order valence-corrected chi connectivity index (χ4v) is 4.10. The highest BCUT2D eigenvalue weighted by atomic mass is 32.1. The van der Waals surface area contributed by atoms with E-state index in [1.807, 2.05) is 72.8 Å². The lowest BCUT2D eigenvalue weighted by molar-refractivity contribution is 0.213. The van der Waals surface area contributed by atoms with E-state index in [9.17, 15) is 4.79 Å². The summed E-state index contributed by atoms with van der Waals surface area (Å²) in [5.74, 6) is 0. The van der Waals surface area contributed by atoms with E-state index in [0.29, 0.717) is 6.54 Å². The van der Waals surface area contributed by atoms with Crippen LogP contribution in [-0.2, 0) is 6.54 Å². The average molecular weight is 398 g/mol. The molecule has 0 spiro atoms. The topological polar surface area (TPSA) is 45.2 Å². The third kappa shape index (κ3) is 3.23. The maximum atomic E-state index is 12.6. The predicted molar refractivity (Wildman–Crippen MR) is 121 cm³/mol. The van der Waals surface area contributed by atoms with E-state index in [2.05, 4.69) is 17.4 Å². The third-order valence-corrected chi connectivity index (χ3v) is 5.77. The van der Waals surface area contributed by atoms with Gasteiger partial charge in [0, 0.05) is 17.3 Å². The van der Waals surface area contributed by atoms with Gasteiger partial charge in [0.2, 0.25) is 0 Å². The van der Waals surface area contributed by atoms with Crippen LogP contribution in [0.2, 0.25) is 0 Å². The van der Waals surface area contributed by atoms with E-state index >= 15 is 0 Å². The number of carbonyl (C=O) groups is 1. The van der Waals surface area contributed by atoms with Crippen molar-refractivity contribution in [1.29, 1.82) is 0 Å². The molecule has 1 aromatic heterocycles. The standard InChI is InChI=1S/C24H19N3OS/c28-24-26-22(23(29)27(24)15-16-8-2-1-3-9-16)14-19-17-10-4-6-12-20(17)25-21-13-7-5-11-18(19)21/h1-14,23,29H,15H2,(H,26,28)/b22-14-. The number of hydrogen-bond acceptors (Lipinski definition) is 3. The van der Waals surface area contributed by atoms with Crippen LogP contribution in [0, 0.1) is 0 Å². The van der Waals surface area contributed by atoms with E-state index in [4.69, 9.17) is 17.6 Å². The molecule has 5 rings (SSSR count). The van der Waals surface area contributed by atoms with Gasteiger partial charge >= 0.3 is 6.03 Å². The van der Waals surface area contributed by atoms with Crippen LogP contribution in [0.1, 0.15) is 11.1 Å². The summed E-state index contributed by atoms with van der Waals surface area (Å²) in [7, 11) is 0. The van der Waals surface area contributed by atoms with Gasteiger partial charge in [0.05, 0.1) is 16.7 Å². The van der Waals surface area contributed by atoms with Crippen LogP contribution < -0.4 is 5.32 Å². The minimum absolute atomic E-state index is 0.136. The van der Waals surface area contributed by atoms with Crippen molar-refractivity contribution in [2.75, 3.05) is 0 Å². The molecule has 2 amide bonds. The maximum absolute atomic E-state index is 12.6. The van der Waals surface area contributed by atoms with E-state index in [1.54, 1.807) is 4.90 Å². The Labute approximate surface area is 174 Å². The van der Waals surface area contributed by atoms with E-state index in [0.717, 1.165) is 38.6 Å². The van der Waals surface area contributed by atoms with Gasteiger partial charge in [-0.15, -0.1) is 12.6 Å². The largest absolute Gasteiger partial charge is 0.323 e. The van der Waals surface area contributed by atoms with Crippen molar-refractivity contribution < 1.29 is 4.79 Å². The number of fused-ring (bicyclic) bond motifs is 2. The summed E-state index contributed by atoms with van der Waals surface area (Å²) in [6.45, 7) is 0.510. The second-order valence-corrected chi connectivity index (χ2v) is 7.57. The molecular weight excluding hydrogens is 378 g/mol. The Morgan fingerprint density at radius 1 is 0.897 bits per heavy atom. The Kier molecular flexibility index (Phi) is 4.45. The fraction of sp³-hybridized carbons (Fsp3) is 0.0833. The molecule has 0 saturated carbocycles. The van der Waals surface area contributed by atoms with Gasteiger partial charge in [-0.05, 0) is 29.3 Å². The number of carbonyl (C=O) groups excluding carboxylic acids is 1. The highest BCUT2D eigenvalue weighted by molar-refractivity contribution is 7.81. The molecule has 1 N–H and O–H groups in total. The molecule has 1 aliphatic heterocycles. The minimum atomic E-state index is -0.339. The SMILES string of the molecule is O=C1N/C(=C\c2c3ccccc3nc3ccccc23)C(S)N1Cc1ccccc1. The summed E-state index contributed by atoms with van der Waals surface area (Å²) in [6.07, 6.45) is 2.03. The lowest BCUT2D eigenvalue weighted by Gasteiger charge is -2.19. The van der Waals surface area contributed by atoms with Gasteiger partial charge in [0.25, 0.3) is 0 Å². The highest BCUT2D eigenvalue weighted by Crippen LogP contribution is 2.31. The molecule has 1 saturated heterocycles. The molecule has 4 aromatic rings. The molecule has 0 bridgehead atoms. The maximum Gasteiger partial charge on any atom is 0.323 e. The van der Waals surface area contributed by atoms with Crippen molar-refractivity contribution in [3.63, 3.8) is 0 Å². The van der Waals surface area contributed by atoms with Gasteiger partial charge < -0.3 is 10.2 Å². The Balaban J connectivity index is 1.60. The average Bonchev–Trinajstić information content (AvgIpc) is 3.02. The van der Waals surface area contributed by atoms with Gasteiger partial charge in [-0.3, -0.25) is 0 Å². The number of nitrogens with zero attached hydrogens (tertiary/aromatic N) is 2. The van der Waals surface area contributed by atoms with Gasteiger partial charge in [-0.2, -0.15) is 0 Å². The fourth-order valence-electron chi connectivity index (χ4n) is 3.77. The first-order valence-electron chi connectivity index (χ1n) is 9.49. The molecule has 1 atom stereocenters. The number of urea groups is 1. The lowest BCUT2D eigenvalue weighted by Crippen LogP contribution is -2.30. The smallest absolute Gasteiger partial charge is 0.309 e. The van der Waals surface area contributed by atoms with Gasteiger partial charge in [0.15, 0.2) is 0 Å². The number of pyridine rings is 1. The number of rotatable bonds is 3. The molecule has 5 heteroatoms. The molecular formula is C24H19N3OS. The van der Waals surface area contributed by atoms with E-state index in [1.165, 1.54) is 0 Å². The summed E-state index contributed by atoms with van der Waals surface area (Å²) in [4.78, 5) is 19.1. The Hall–Kier alpha value is -3.31. The second kappa shape index (κ2) is 7.26. The van der Waals surface area contributed by atoms with Crippen molar-refractivity contribution in [3.05, 3.63) is 95.7 Å². The van der Waals surface area contributed by atoms with Crippen LogP contribution in [0.15, 0.2) is 84.6 Å². The first-order valence-corrected chi connectivity index (χ1v) is 10.0. The number of aromatic nitrogens is 1. The molecule has 0 radical (unpaired) electrons. The molecule has 29 heavy (non-hydrogen) atoms. The summed E-state index contributed by atoms with van der Waals surface area (Å²) >= 11 is 4.75. The Morgan fingerprint density at radius 2 is 1.48 bits per heavy atom. The summed E-state index contributed by atoms with van der Waals surface area (Å²) in [5, 5.41) is 4.77. The summed E-state index contributed by atoms with van der Waals surface area (Å²) in [6, 6.07) is 25.9. The van der Waals surface area contributed by atoms with Crippen molar-refractivity contribution in [2.45, 2.75) is 11.9 Å². The quantitative estimate of drug-likeness (QED) is 0.368.